The molecule has 0 spiro atoms. The second kappa shape index (κ2) is 8.20. The summed E-state index contributed by atoms with van der Waals surface area (Å²) < 4.78 is 2.16. The van der Waals surface area contributed by atoms with Crippen molar-refractivity contribution in [2.75, 3.05) is 5.32 Å². The minimum absolute atomic E-state index is 0.0763. The molecule has 0 aliphatic rings. The monoisotopic (exact) mass is 383 g/mol. The number of amides is 1. The smallest absolute Gasteiger partial charge is 0.266 e. The fourth-order valence-electron chi connectivity index (χ4n) is 3.59. The van der Waals surface area contributed by atoms with Gasteiger partial charge in [-0.05, 0) is 81.7 Å². The Bertz CT molecular complexity index is 1160. The van der Waals surface area contributed by atoms with E-state index in [1.807, 2.05) is 57.2 Å². The molecule has 1 aromatic heterocycles. The molecule has 1 heterocycles. The molecular weight excluding hydrogens is 358 g/mol. The molecule has 0 saturated carbocycles. The number of benzene rings is 2. The highest BCUT2D eigenvalue weighted by Crippen LogP contribution is 2.25. The van der Waals surface area contributed by atoms with Gasteiger partial charge in [0.15, 0.2) is 0 Å². The largest absolute Gasteiger partial charge is 0.321 e. The summed E-state index contributed by atoms with van der Waals surface area (Å²) in [5, 5.41) is 12.4. The summed E-state index contributed by atoms with van der Waals surface area (Å²) in [5.74, 6) is -0.408. The van der Waals surface area contributed by atoms with Crippen molar-refractivity contribution in [3.05, 3.63) is 87.7 Å². The fourth-order valence-corrected chi connectivity index (χ4v) is 3.59. The normalized spacial score (nSPS) is 11.2. The minimum Gasteiger partial charge on any atom is -0.321 e. The molecule has 0 saturated heterocycles. The van der Waals surface area contributed by atoms with E-state index in [9.17, 15) is 10.1 Å². The van der Waals surface area contributed by atoms with Gasteiger partial charge in [-0.3, -0.25) is 4.79 Å². The Hall–Kier alpha value is -3.58. The van der Waals surface area contributed by atoms with Gasteiger partial charge < -0.3 is 9.88 Å². The van der Waals surface area contributed by atoms with E-state index in [4.69, 9.17) is 0 Å². The van der Waals surface area contributed by atoms with Gasteiger partial charge in [0.2, 0.25) is 0 Å². The second-order valence-electron chi connectivity index (χ2n) is 7.45. The van der Waals surface area contributed by atoms with Crippen LogP contribution in [0, 0.1) is 45.9 Å². The maximum absolute atomic E-state index is 12.6. The van der Waals surface area contributed by atoms with Crippen molar-refractivity contribution in [2.24, 2.45) is 0 Å². The highest BCUT2D eigenvalue weighted by Gasteiger charge is 2.15. The summed E-state index contributed by atoms with van der Waals surface area (Å²) in [6.45, 7) is 10.2. The molecule has 29 heavy (non-hydrogen) atoms. The van der Waals surface area contributed by atoms with Crippen LogP contribution in [0.4, 0.5) is 5.69 Å². The third-order valence-corrected chi connectivity index (χ3v) is 5.00. The number of nitrogens with one attached hydrogen (secondary N) is 1. The molecular formula is C25H25N3O. The first-order valence-electron chi connectivity index (χ1n) is 9.56. The Morgan fingerprint density at radius 3 is 2.38 bits per heavy atom. The van der Waals surface area contributed by atoms with E-state index in [1.54, 1.807) is 6.08 Å². The first-order valence-corrected chi connectivity index (χ1v) is 9.56. The van der Waals surface area contributed by atoms with Crippen LogP contribution < -0.4 is 5.32 Å². The minimum atomic E-state index is -0.408. The van der Waals surface area contributed by atoms with E-state index in [1.165, 1.54) is 11.1 Å². The SMILES string of the molecule is Cc1cccc(NC(=O)/C(C#N)=C\c2cc(C)n(-c3ccc(C)cc3C)c2C)c1. The van der Waals surface area contributed by atoms with Crippen LogP contribution in [0.15, 0.2) is 54.1 Å². The Morgan fingerprint density at radius 2 is 1.72 bits per heavy atom. The first-order chi connectivity index (χ1) is 13.8. The van der Waals surface area contributed by atoms with Gasteiger partial charge >= 0.3 is 0 Å². The van der Waals surface area contributed by atoms with Gasteiger partial charge in [0.1, 0.15) is 11.6 Å². The molecule has 3 aromatic rings. The van der Waals surface area contributed by atoms with Crippen LogP contribution in [0.1, 0.15) is 33.6 Å². The summed E-state index contributed by atoms with van der Waals surface area (Å²) in [7, 11) is 0. The lowest BCUT2D eigenvalue weighted by Crippen LogP contribution is -2.13. The highest BCUT2D eigenvalue weighted by molar-refractivity contribution is 6.09. The molecule has 0 aliphatic carbocycles. The lowest BCUT2D eigenvalue weighted by Gasteiger charge is -2.13. The number of carbonyl (C=O) groups excluding carboxylic acids is 1. The number of rotatable bonds is 4. The van der Waals surface area contributed by atoms with Crippen molar-refractivity contribution in [1.29, 1.82) is 5.26 Å². The van der Waals surface area contributed by atoms with Crippen LogP contribution in [-0.2, 0) is 4.79 Å². The van der Waals surface area contributed by atoms with Crippen LogP contribution in [0.3, 0.4) is 0 Å². The van der Waals surface area contributed by atoms with Crippen LogP contribution in [0.5, 0.6) is 0 Å². The van der Waals surface area contributed by atoms with Crippen molar-refractivity contribution >= 4 is 17.7 Å². The topological polar surface area (TPSA) is 57.8 Å². The molecule has 2 aromatic carbocycles. The quantitative estimate of drug-likeness (QED) is 0.473. The first kappa shape index (κ1) is 20.2. The van der Waals surface area contributed by atoms with Crippen molar-refractivity contribution < 1.29 is 4.79 Å². The van der Waals surface area contributed by atoms with Gasteiger partial charge in [-0.2, -0.15) is 5.26 Å². The van der Waals surface area contributed by atoms with Gasteiger partial charge in [-0.15, -0.1) is 0 Å². The molecule has 0 radical (unpaired) electrons. The van der Waals surface area contributed by atoms with Crippen molar-refractivity contribution in [1.82, 2.24) is 4.57 Å². The van der Waals surface area contributed by atoms with Gasteiger partial charge in [0.05, 0.1) is 0 Å². The predicted octanol–water partition coefficient (Wildman–Crippen LogP) is 5.57. The van der Waals surface area contributed by atoms with E-state index in [0.29, 0.717) is 5.69 Å². The molecule has 0 bridgehead atoms. The maximum Gasteiger partial charge on any atom is 0.266 e. The Balaban J connectivity index is 1.96. The molecule has 3 rings (SSSR count). The molecule has 1 amide bonds. The summed E-state index contributed by atoms with van der Waals surface area (Å²) in [6.07, 6.45) is 1.66. The number of hydrogen-bond donors (Lipinski definition) is 1. The average molecular weight is 383 g/mol. The number of nitriles is 1. The summed E-state index contributed by atoms with van der Waals surface area (Å²) in [6, 6.07) is 17.9. The second-order valence-corrected chi connectivity index (χ2v) is 7.45. The summed E-state index contributed by atoms with van der Waals surface area (Å²) in [5.41, 5.74) is 8.20. The van der Waals surface area contributed by atoms with E-state index < -0.39 is 5.91 Å². The molecule has 146 valence electrons. The van der Waals surface area contributed by atoms with Gasteiger partial charge in [0.25, 0.3) is 5.91 Å². The van der Waals surface area contributed by atoms with Crippen LogP contribution in [0.2, 0.25) is 0 Å². The lowest BCUT2D eigenvalue weighted by molar-refractivity contribution is -0.112. The fraction of sp³-hybridized carbons (Fsp3) is 0.200. The highest BCUT2D eigenvalue weighted by atomic mass is 16.1. The van der Waals surface area contributed by atoms with Crippen molar-refractivity contribution in [3.8, 4) is 11.8 Å². The van der Waals surface area contributed by atoms with E-state index in [-0.39, 0.29) is 5.57 Å². The molecule has 4 heteroatoms. The maximum atomic E-state index is 12.6. The zero-order valence-corrected chi connectivity index (χ0v) is 17.5. The third kappa shape index (κ3) is 4.30. The molecule has 0 fully saturated rings. The number of anilines is 1. The molecule has 1 N–H and O–H groups in total. The van der Waals surface area contributed by atoms with Gasteiger partial charge in [-0.25, -0.2) is 0 Å². The van der Waals surface area contributed by atoms with Crippen LogP contribution in [-0.4, -0.2) is 10.5 Å². The van der Waals surface area contributed by atoms with Gasteiger partial charge in [0, 0.05) is 22.8 Å². The zero-order chi connectivity index (χ0) is 21.1. The van der Waals surface area contributed by atoms with Crippen molar-refractivity contribution in [3.63, 3.8) is 0 Å². The van der Waals surface area contributed by atoms with Crippen LogP contribution in [0.25, 0.3) is 11.8 Å². The number of hydrogen-bond acceptors (Lipinski definition) is 2. The Morgan fingerprint density at radius 1 is 1.00 bits per heavy atom. The molecule has 4 nitrogen and oxygen atoms in total. The predicted molar refractivity (Wildman–Crippen MR) is 118 cm³/mol. The number of aromatic nitrogens is 1. The Kier molecular flexibility index (Phi) is 5.70. The lowest BCUT2D eigenvalue weighted by atomic mass is 10.1. The average Bonchev–Trinajstić information content (AvgIpc) is 2.93. The number of nitrogens with zero attached hydrogens (tertiary/aromatic N) is 2. The van der Waals surface area contributed by atoms with E-state index in [2.05, 4.69) is 41.9 Å². The Labute approximate surface area is 172 Å². The third-order valence-electron chi connectivity index (χ3n) is 5.00. The zero-order valence-electron chi connectivity index (χ0n) is 17.5. The summed E-state index contributed by atoms with van der Waals surface area (Å²) in [4.78, 5) is 12.6. The van der Waals surface area contributed by atoms with Crippen LogP contribution >= 0.6 is 0 Å². The standard InChI is InChI=1S/C25H25N3O/c1-16-7-6-8-23(12-16)27-25(29)22(15-26)14-21-13-19(4)28(20(21)5)24-10-9-17(2)11-18(24)3/h6-14H,1-5H3,(H,27,29)/b22-14-. The number of carbonyl (C=O) groups is 1. The summed E-state index contributed by atoms with van der Waals surface area (Å²) >= 11 is 0. The van der Waals surface area contributed by atoms with Gasteiger partial charge in [-0.1, -0.05) is 29.8 Å². The van der Waals surface area contributed by atoms with E-state index >= 15 is 0 Å². The number of aryl methyl sites for hydroxylation is 4. The van der Waals surface area contributed by atoms with E-state index in [0.717, 1.165) is 28.2 Å². The molecule has 0 aliphatic heterocycles. The molecule has 0 atom stereocenters. The van der Waals surface area contributed by atoms with Crippen molar-refractivity contribution in [2.45, 2.75) is 34.6 Å². The molecule has 0 unspecified atom stereocenters.